The molecule has 3 aromatic rings. The molecule has 1 aliphatic heterocycles. The van der Waals surface area contributed by atoms with E-state index in [0.29, 0.717) is 24.3 Å². The van der Waals surface area contributed by atoms with Crippen LogP contribution in [0.15, 0.2) is 44.4 Å². The van der Waals surface area contributed by atoms with E-state index in [1.165, 1.54) is 6.07 Å². The molecule has 3 heterocycles. The van der Waals surface area contributed by atoms with Gasteiger partial charge in [-0.05, 0) is 43.0 Å². The quantitative estimate of drug-likeness (QED) is 0.640. The lowest BCUT2D eigenvalue weighted by Crippen LogP contribution is -2.27. The zero-order chi connectivity index (χ0) is 20.4. The first-order valence-electron chi connectivity index (χ1n) is 9.30. The maximum Gasteiger partial charge on any atom is 0.316 e. The molecule has 0 aliphatic carbocycles. The molecule has 1 amide bonds. The van der Waals surface area contributed by atoms with Gasteiger partial charge >= 0.3 is 11.8 Å². The maximum absolute atomic E-state index is 12.7. The summed E-state index contributed by atoms with van der Waals surface area (Å²) in [4.78, 5) is 18.2. The summed E-state index contributed by atoms with van der Waals surface area (Å²) in [5.74, 6) is -0.175. The van der Waals surface area contributed by atoms with Gasteiger partial charge in [-0.1, -0.05) is 24.2 Å². The van der Waals surface area contributed by atoms with Crippen LogP contribution in [0.25, 0.3) is 11.4 Å². The Hall–Kier alpha value is -2.72. The lowest BCUT2D eigenvalue weighted by Gasteiger charge is -2.10. The van der Waals surface area contributed by atoms with Gasteiger partial charge in [-0.25, -0.2) is 8.42 Å². The van der Waals surface area contributed by atoms with Crippen LogP contribution < -0.4 is 4.72 Å². The molecular formula is C19H20N4O4S2. The minimum atomic E-state index is -3.74. The smallest absolute Gasteiger partial charge is 0.316 e. The number of carbonyl (C=O) groups excluding carboxylic acids is 1. The molecule has 1 fully saturated rings. The number of hydrogen-bond donors (Lipinski definition) is 1. The Balaban J connectivity index is 1.50. The van der Waals surface area contributed by atoms with Crippen molar-refractivity contribution in [2.24, 2.45) is 0 Å². The highest BCUT2D eigenvalue weighted by atomic mass is 32.2. The molecule has 1 aromatic carbocycles. The zero-order valence-corrected chi connectivity index (χ0v) is 17.4. The molecule has 0 spiro atoms. The van der Waals surface area contributed by atoms with E-state index >= 15 is 0 Å². The third-order valence-electron chi connectivity index (χ3n) is 4.72. The summed E-state index contributed by atoms with van der Waals surface area (Å²) < 4.78 is 33.1. The van der Waals surface area contributed by atoms with Crippen molar-refractivity contribution in [2.45, 2.75) is 30.4 Å². The van der Waals surface area contributed by atoms with Gasteiger partial charge in [0.05, 0.1) is 0 Å². The van der Waals surface area contributed by atoms with Gasteiger partial charge in [0.15, 0.2) is 0 Å². The largest absolute Gasteiger partial charge is 0.334 e. The van der Waals surface area contributed by atoms with Crippen LogP contribution in [0, 0.1) is 0 Å². The molecule has 10 heteroatoms. The molecule has 0 saturated carbocycles. The highest BCUT2D eigenvalue weighted by Gasteiger charge is 2.26. The van der Waals surface area contributed by atoms with E-state index < -0.39 is 10.0 Å². The van der Waals surface area contributed by atoms with E-state index in [4.69, 9.17) is 4.52 Å². The SMILES string of the molecule is CCc1ccc(NS(=O)(=O)c2cc(-c3noc(C(=O)N4CCCC4)n3)cs2)cc1. The highest BCUT2D eigenvalue weighted by Crippen LogP contribution is 2.28. The van der Waals surface area contributed by atoms with E-state index in [2.05, 4.69) is 14.9 Å². The Kier molecular flexibility index (Phi) is 5.37. The number of thiophene rings is 1. The van der Waals surface area contributed by atoms with Gasteiger partial charge in [-0.3, -0.25) is 9.52 Å². The van der Waals surface area contributed by atoms with E-state index in [-0.39, 0.29) is 21.8 Å². The number of likely N-dealkylation sites (tertiary alicyclic amines) is 1. The molecule has 0 unspecified atom stereocenters. The van der Waals surface area contributed by atoms with Gasteiger partial charge < -0.3 is 9.42 Å². The number of benzene rings is 1. The molecular weight excluding hydrogens is 412 g/mol. The Morgan fingerprint density at radius 3 is 2.66 bits per heavy atom. The van der Waals surface area contributed by atoms with Crippen molar-refractivity contribution in [1.82, 2.24) is 15.0 Å². The second kappa shape index (κ2) is 7.96. The van der Waals surface area contributed by atoms with E-state index in [1.807, 2.05) is 19.1 Å². The van der Waals surface area contributed by atoms with Crippen LogP contribution in [0.4, 0.5) is 5.69 Å². The predicted molar refractivity (Wildman–Crippen MR) is 109 cm³/mol. The Morgan fingerprint density at radius 1 is 1.24 bits per heavy atom. The summed E-state index contributed by atoms with van der Waals surface area (Å²) in [5, 5.41) is 5.46. The number of nitrogens with zero attached hydrogens (tertiary/aromatic N) is 3. The van der Waals surface area contributed by atoms with Gasteiger partial charge in [0.2, 0.25) is 5.82 Å². The van der Waals surface area contributed by atoms with Crippen LogP contribution in [0.3, 0.4) is 0 Å². The number of sulfonamides is 1. The first-order valence-corrected chi connectivity index (χ1v) is 11.7. The van der Waals surface area contributed by atoms with Crippen molar-refractivity contribution >= 4 is 33.0 Å². The summed E-state index contributed by atoms with van der Waals surface area (Å²) >= 11 is 1.05. The highest BCUT2D eigenvalue weighted by molar-refractivity contribution is 7.94. The number of hydrogen-bond acceptors (Lipinski definition) is 7. The van der Waals surface area contributed by atoms with Crippen molar-refractivity contribution < 1.29 is 17.7 Å². The van der Waals surface area contributed by atoms with Gasteiger partial charge in [0.25, 0.3) is 10.0 Å². The minimum Gasteiger partial charge on any atom is -0.334 e. The third-order valence-corrected chi connectivity index (χ3v) is 7.54. The van der Waals surface area contributed by atoms with Crippen molar-refractivity contribution in [1.29, 1.82) is 0 Å². The summed E-state index contributed by atoms with van der Waals surface area (Å²) in [7, 11) is -3.74. The normalized spacial score (nSPS) is 14.3. The lowest BCUT2D eigenvalue weighted by atomic mass is 10.2. The Bertz CT molecular complexity index is 1110. The molecule has 152 valence electrons. The number of nitrogens with one attached hydrogen (secondary N) is 1. The Morgan fingerprint density at radius 2 is 1.97 bits per heavy atom. The Labute approximate surface area is 172 Å². The average molecular weight is 433 g/mol. The summed E-state index contributed by atoms with van der Waals surface area (Å²) in [6.45, 7) is 3.40. The van der Waals surface area contributed by atoms with Crippen molar-refractivity contribution in [3.05, 3.63) is 47.2 Å². The lowest BCUT2D eigenvalue weighted by molar-refractivity contribution is 0.0743. The molecule has 4 rings (SSSR count). The van der Waals surface area contributed by atoms with E-state index in [1.54, 1.807) is 22.4 Å². The molecule has 29 heavy (non-hydrogen) atoms. The monoisotopic (exact) mass is 432 g/mol. The van der Waals surface area contributed by atoms with Crippen LogP contribution in [0.2, 0.25) is 0 Å². The van der Waals surface area contributed by atoms with E-state index in [0.717, 1.165) is 36.2 Å². The average Bonchev–Trinajstić information content (AvgIpc) is 3.49. The van der Waals surface area contributed by atoms with Crippen LogP contribution in [-0.4, -0.2) is 42.5 Å². The van der Waals surface area contributed by atoms with Gasteiger partial charge in [0, 0.05) is 29.7 Å². The van der Waals surface area contributed by atoms with Crippen molar-refractivity contribution in [2.75, 3.05) is 17.8 Å². The number of rotatable bonds is 6. The van der Waals surface area contributed by atoms with Gasteiger partial charge in [0.1, 0.15) is 4.21 Å². The molecule has 0 bridgehead atoms. The first-order chi connectivity index (χ1) is 14.0. The minimum absolute atomic E-state index is 0.0772. The number of carbonyl (C=O) groups is 1. The van der Waals surface area contributed by atoms with Crippen molar-refractivity contribution in [3.63, 3.8) is 0 Å². The van der Waals surface area contributed by atoms with Crippen molar-refractivity contribution in [3.8, 4) is 11.4 Å². The molecule has 1 saturated heterocycles. The number of amides is 1. The summed E-state index contributed by atoms with van der Waals surface area (Å²) in [6, 6.07) is 8.72. The number of anilines is 1. The molecule has 0 radical (unpaired) electrons. The molecule has 2 aromatic heterocycles. The van der Waals surface area contributed by atoms with Crippen LogP contribution >= 0.6 is 11.3 Å². The maximum atomic E-state index is 12.7. The second-order valence-electron chi connectivity index (χ2n) is 6.73. The zero-order valence-electron chi connectivity index (χ0n) is 15.8. The topological polar surface area (TPSA) is 105 Å². The van der Waals surface area contributed by atoms with Crippen LogP contribution in [0.5, 0.6) is 0 Å². The summed E-state index contributed by atoms with van der Waals surface area (Å²) in [5.41, 5.74) is 2.11. The van der Waals surface area contributed by atoms with Crippen LogP contribution in [0.1, 0.15) is 36.0 Å². The third kappa shape index (κ3) is 4.18. The molecule has 1 N–H and O–H groups in total. The van der Waals surface area contributed by atoms with Gasteiger partial charge in [-0.2, -0.15) is 4.98 Å². The first kappa shape index (κ1) is 19.6. The van der Waals surface area contributed by atoms with E-state index in [9.17, 15) is 13.2 Å². The molecule has 0 atom stereocenters. The predicted octanol–water partition coefficient (Wildman–Crippen LogP) is 3.40. The summed E-state index contributed by atoms with van der Waals surface area (Å²) in [6.07, 6.45) is 2.81. The molecule has 8 nitrogen and oxygen atoms in total. The number of aryl methyl sites for hydroxylation is 1. The fraction of sp³-hybridized carbons (Fsp3) is 0.316. The fourth-order valence-corrected chi connectivity index (χ4v) is 5.29. The van der Waals surface area contributed by atoms with Crippen LogP contribution in [-0.2, 0) is 16.4 Å². The standard InChI is InChI=1S/C19H20N4O4S2/c1-2-13-5-7-15(8-6-13)22-29(25,26)16-11-14(12-28-16)17-20-18(27-21-17)19(24)23-9-3-4-10-23/h5-8,11-12,22H,2-4,9-10H2,1H3. The molecule has 1 aliphatic rings. The fourth-order valence-electron chi connectivity index (χ4n) is 3.07. The van der Waals surface area contributed by atoms with Gasteiger partial charge in [-0.15, -0.1) is 11.3 Å². The number of aromatic nitrogens is 2. The second-order valence-corrected chi connectivity index (χ2v) is 9.55.